The Morgan fingerprint density at radius 1 is 1.26 bits per heavy atom. The monoisotopic (exact) mass is 498 g/mol. The molecule has 5 nitrogen and oxygen atoms in total. The van der Waals surface area contributed by atoms with E-state index in [2.05, 4.69) is 26.2 Å². The number of methoxy groups -OCH3 is 1. The Hall–Kier alpha value is -2.39. The van der Waals surface area contributed by atoms with Crippen LogP contribution in [0.1, 0.15) is 31.4 Å². The van der Waals surface area contributed by atoms with Gasteiger partial charge in [0.2, 0.25) is 5.91 Å². The second-order valence-electron chi connectivity index (χ2n) is 8.11. The molecule has 0 radical (unpaired) electrons. The van der Waals surface area contributed by atoms with Gasteiger partial charge in [0.1, 0.15) is 5.75 Å². The van der Waals surface area contributed by atoms with Gasteiger partial charge < -0.3 is 15.2 Å². The van der Waals surface area contributed by atoms with Gasteiger partial charge in [-0.05, 0) is 41.7 Å². The molecule has 3 rings (SSSR count). The quantitative estimate of drug-likeness (QED) is 0.529. The third-order valence-electron chi connectivity index (χ3n) is 5.27. The Morgan fingerprint density at radius 2 is 1.97 bits per heavy atom. The zero-order valence-corrected chi connectivity index (χ0v) is 18.8. The van der Waals surface area contributed by atoms with E-state index in [1.54, 1.807) is 44.2 Å². The topological polar surface area (TPSA) is 70.9 Å². The van der Waals surface area contributed by atoms with Crippen LogP contribution in [0.15, 0.2) is 45.9 Å². The molecule has 0 aromatic heterocycles. The molecule has 9 heteroatoms. The van der Waals surface area contributed by atoms with Crippen molar-refractivity contribution >= 4 is 39.4 Å². The van der Waals surface area contributed by atoms with Gasteiger partial charge in [-0.1, -0.05) is 41.9 Å². The minimum atomic E-state index is -4.97. The van der Waals surface area contributed by atoms with Gasteiger partial charge in [-0.25, -0.2) is 0 Å². The number of amides is 1. The number of carbonyl (C=O) groups is 1. The molecule has 0 saturated carbocycles. The van der Waals surface area contributed by atoms with Crippen LogP contribution in [-0.4, -0.2) is 36.1 Å². The van der Waals surface area contributed by atoms with E-state index in [1.807, 2.05) is 0 Å². The number of aliphatic imine (C=N–C) groups is 1. The number of aliphatic hydroxyl groups is 1. The fraction of sp³-hybridized carbons (Fsp3) is 0.364. The van der Waals surface area contributed by atoms with E-state index in [9.17, 15) is 23.1 Å². The van der Waals surface area contributed by atoms with E-state index in [4.69, 9.17) is 4.74 Å². The molecule has 2 aromatic carbocycles. The number of nitrogens with one attached hydrogen (secondary N) is 1. The molecule has 0 aliphatic carbocycles. The van der Waals surface area contributed by atoms with Crippen molar-refractivity contribution in [3.8, 4) is 5.75 Å². The van der Waals surface area contributed by atoms with Gasteiger partial charge in [0, 0.05) is 21.9 Å². The van der Waals surface area contributed by atoms with E-state index < -0.39 is 23.6 Å². The molecule has 1 aliphatic rings. The smallest absolute Gasteiger partial charge is 0.422 e. The largest absolute Gasteiger partial charge is 0.496 e. The van der Waals surface area contributed by atoms with E-state index in [0.717, 1.165) is 4.47 Å². The number of anilines is 1. The third kappa shape index (κ3) is 4.77. The first-order chi connectivity index (χ1) is 14.4. The molecular weight excluding hydrogens is 477 g/mol. The van der Waals surface area contributed by atoms with Gasteiger partial charge in [0.25, 0.3) is 0 Å². The SMILES string of the molecule is COc1cc(Br)ccc1C(C)(C)CC(O)(C=Nc1cccc2c1CC(=O)N2)C(F)(F)F. The summed E-state index contributed by atoms with van der Waals surface area (Å²) in [6.07, 6.45) is -5.10. The number of ether oxygens (including phenoxy) is 1. The number of halogens is 4. The maximum Gasteiger partial charge on any atom is 0.422 e. The van der Waals surface area contributed by atoms with Crippen molar-refractivity contribution < 1.29 is 27.8 Å². The van der Waals surface area contributed by atoms with Crippen LogP contribution < -0.4 is 10.1 Å². The number of hydrogen-bond acceptors (Lipinski definition) is 4. The van der Waals surface area contributed by atoms with Crippen LogP contribution in [-0.2, 0) is 16.6 Å². The Labute approximate surface area is 186 Å². The highest BCUT2D eigenvalue weighted by Crippen LogP contribution is 2.44. The highest BCUT2D eigenvalue weighted by atomic mass is 79.9. The van der Waals surface area contributed by atoms with Crippen LogP contribution >= 0.6 is 15.9 Å². The molecular formula is C22H22BrF3N2O3. The Balaban J connectivity index is 1.98. The maximum absolute atomic E-state index is 14.0. The van der Waals surface area contributed by atoms with Gasteiger partial charge in [0.05, 0.1) is 19.2 Å². The number of alkyl halides is 3. The van der Waals surface area contributed by atoms with Crippen LogP contribution in [0.3, 0.4) is 0 Å². The maximum atomic E-state index is 14.0. The standard InChI is InChI=1S/C22H22BrF3N2O3/c1-20(2,15-8-7-13(23)9-18(15)31-3)11-21(30,22(24,25)26)12-27-16-5-4-6-17-14(16)10-19(29)28-17/h4-9,12,30H,10-11H2,1-3H3,(H,28,29). The lowest BCUT2D eigenvalue weighted by molar-refractivity contribution is -0.234. The van der Waals surface area contributed by atoms with Gasteiger partial charge in [0.15, 0.2) is 5.60 Å². The van der Waals surface area contributed by atoms with Crippen LogP contribution in [0, 0.1) is 0 Å². The summed E-state index contributed by atoms with van der Waals surface area (Å²) in [5, 5.41) is 13.3. The summed E-state index contributed by atoms with van der Waals surface area (Å²) in [5.74, 6) is 0.151. The number of hydrogen-bond donors (Lipinski definition) is 2. The Kier molecular flexibility index (Phi) is 6.21. The van der Waals surface area contributed by atoms with Crippen LogP contribution in [0.5, 0.6) is 5.75 Å². The molecule has 2 N–H and O–H groups in total. The molecule has 166 valence electrons. The fourth-order valence-electron chi connectivity index (χ4n) is 3.74. The summed E-state index contributed by atoms with van der Waals surface area (Å²) < 4.78 is 48.0. The zero-order valence-electron chi connectivity index (χ0n) is 17.2. The summed E-state index contributed by atoms with van der Waals surface area (Å²) in [7, 11) is 1.43. The van der Waals surface area contributed by atoms with Crippen molar-refractivity contribution in [2.24, 2.45) is 4.99 Å². The molecule has 1 atom stereocenters. The van der Waals surface area contributed by atoms with Gasteiger partial charge in [-0.3, -0.25) is 9.79 Å². The fourth-order valence-corrected chi connectivity index (χ4v) is 4.08. The summed E-state index contributed by atoms with van der Waals surface area (Å²) in [6, 6.07) is 9.78. The summed E-state index contributed by atoms with van der Waals surface area (Å²) in [6.45, 7) is 3.21. The van der Waals surface area contributed by atoms with Crippen LogP contribution in [0.25, 0.3) is 0 Å². The summed E-state index contributed by atoms with van der Waals surface area (Å²) >= 11 is 3.32. The van der Waals surface area contributed by atoms with Crippen molar-refractivity contribution in [2.45, 2.75) is 43.9 Å². The molecule has 0 spiro atoms. The van der Waals surface area contributed by atoms with E-state index in [1.165, 1.54) is 13.2 Å². The lowest BCUT2D eigenvalue weighted by atomic mass is 9.75. The lowest BCUT2D eigenvalue weighted by Crippen LogP contribution is -2.50. The molecule has 0 saturated heterocycles. The molecule has 2 aromatic rings. The second-order valence-corrected chi connectivity index (χ2v) is 9.03. The van der Waals surface area contributed by atoms with Gasteiger partial charge >= 0.3 is 6.18 Å². The normalized spacial score (nSPS) is 16.2. The molecule has 31 heavy (non-hydrogen) atoms. The Morgan fingerprint density at radius 3 is 2.61 bits per heavy atom. The van der Waals surface area contributed by atoms with Crippen molar-refractivity contribution in [1.29, 1.82) is 0 Å². The summed E-state index contributed by atoms with van der Waals surface area (Å²) in [5.41, 5.74) is -2.58. The first kappa shape index (κ1) is 23.3. The first-order valence-electron chi connectivity index (χ1n) is 9.46. The lowest BCUT2D eigenvalue weighted by Gasteiger charge is -2.36. The van der Waals surface area contributed by atoms with Crippen LogP contribution in [0.2, 0.25) is 0 Å². The summed E-state index contributed by atoms with van der Waals surface area (Å²) in [4.78, 5) is 15.6. The highest BCUT2D eigenvalue weighted by molar-refractivity contribution is 9.10. The van der Waals surface area contributed by atoms with Crippen molar-refractivity contribution in [3.63, 3.8) is 0 Å². The Bertz CT molecular complexity index is 1040. The molecule has 1 unspecified atom stereocenters. The number of rotatable bonds is 6. The molecule has 0 bridgehead atoms. The third-order valence-corrected chi connectivity index (χ3v) is 5.77. The molecule has 0 fully saturated rings. The molecule has 1 amide bonds. The average Bonchev–Trinajstić information content (AvgIpc) is 3.05. The predicted octanol–water partition coefficient (Wildman–Crippen LogP) is 5.32. The molecule has 1 aliphatic heterocycles. The number of carbonyl (C=O) groups excluding carboxylic acids is 1. The van der Waals surface area contributed by atoms with Crippen molar-refractivity contribution in [1.82, 2.24) is 0 Å². The highest BCUT2D eigenvalue weighted by Gasteiger charge is 2.55. The van der Waals surface area contributed by atoms with Crippen molar-refractivity contribution in [2.75, 3.05) is 12.4 Å². The predicted molar refractivity (Wildman–Crippen MR) is 116 cm³/mol. The van der Waals surface area contributed by atoms with Gasteiger partial charge in [-0.15, -0.1) is 0 Å². The van der Waals surface area contributed by atoms with E-state index in [0.29, 0.717) is 28.8 Å². The second kappa shape index (κ2) is 8.27. The van der Waals surface area contributed by atoms with Crippen LogP contribution in [0.4, 0.5) is 24.5 Å². The van der Waals surface area contributed by atoms with Crippen molar-refractivity contribution in [3.05, 3.63) is 52.0 Å². The first-order valence-corrected chi connectivity index (χ1v) is 10.3. The number of nitrogens with zero attached hydrogens (tertiary/aromatic N) is 1. The number of fused-ring (bicyclic) bond motifs is 1. The van der Waals surface area contributed by atoms with Gasteiger partial charge in [-0.2, -0.15) is 13.2 Å². The molecule has 1 heterocycles. The van der Waals surface area contributed by atoms with E-state index in [-0.39, 0.29) is 18.0 Å². The minimum absolute atomic E-state index is 0.0227. The average molecular weight is 499 g/mol. The minimum Gasteiger partial charge on any atom is -0.496 e. The van der Waals surface area contributed by atoms with E-state index >= 15 is 0 Å². The zero-order chi connectivity index (χ0) is 23.0. The number of benzene rings is 2.